The van der Waals surface area contributed by atoms with Crippen molar-refractivity contribution in [3.63, 3.8) is 0 Å². The van der Waals surface area contributed by atoms with Crippen LogP contribution in [-0.2, 0) is 9.53 Å². The Morgan fingerprint density at radius 2 is 2.18 bits per heavy atom. The Morgan fingerprint density at radius 3 is 2.77 bits per heavy atom. The normalized spacial score (nSPS) is 25.5. The highest BCUT2D eigenvalue weighted by molar-refractivity contribution is 5.98. The number of rotatable bonds is 4. The number of anilines is 1. The lowest BCUT2D eigenvalue weighted by molar-refractivity contribution is -0.384. The van der Waals surface area contributed by atoms with Crippen LogP contribution in [-0.4, -0.2) is 41.7 Å². The second-order valence-electron chi connectivity index (χ2n) is 5.55. The van der Waals surface area contributed by atoms with Crippen molar-refractivity contribution >= 4 is 23.3 Å². The van der Waals surface area contributed by atoms with Crippen molar-refractivity contribution in [3.05, 3.63) is 33.9 Å². The topological polar surface area (TPSA) is 110 Å². The Kier molecular flexibility index (Phi) is 3.23. The van der Waals surface area contributed by atoms with Crippen molar-refractivity contribution in [3.8, 4) is 0 Å². The molecular weight excluding hydrogens is 292 g/mol. The summed E-state index contributed by atoms with van der Waals surface area (Å²) in [5, 5.41) is 20.3. The number of carboxylic acids is 1. The summed E-state index contributed by atoms with van der Waals surface area (Å²) in [4.78, 5) is 35.3. The third-order valence-electron chi connectivity index (χ3n) is 4.31. The Labute approximate surface area is 125 Å². The maximum absolute atomic E-state index is 11.9. The zero-order chi connectivity index (χ0) is 16.0. The lowest BCUT2D eigenvalue weighted by Gasteiger charge is -2.27. The molecule has 1 aromatic carbocycles. The van der Waals surface area contributed by atoms with E-state index in [1.807, 2.05) is 0 Å². The van der Waals surface area contributed by atoms with Crippen molar-refractivity contribution in [1.82, 2.24) is 0 Å². The van der Waals surface area contributed by atoms with Crippen molar-refractivity contribution in [2.45, 2.75) is 12.5 Å². The molecule has 0 radical (unpaired) electrons. The molecule has 1 N–H and O–H groups in total. The maximum Gasteiger partial charge on any atom is 0.340 e. The molecule has 8 nitrogen and oxygen atoms in total. The molecule has 8 heteroatoms. The lowest BCUT2D eigenvalue weighted by Crippen LogP contribution is -2.40. The number of fused-ring (bicyclic) bond motifs is 1. The molecule has 1 heterocycles. The van der Waals surface area contributed by atoms with Crippen LogP contribution in [0.1, 0.15) is 16.8 Å². The Balaban J connectivity index is 2.04. The number of ether oxygens (including phenoxy) is 1. The number of nitrogens with zero attached hydrogens (tertiary/aromatic N) is 2. The minimum atomic E-state index is -0.945. The van der Waals surface area contributed by atoms with E-state index in [0.717, 1.165) is 12.5 Å². The van der Waals surface area contributed by atoms with E-state index in [4.69, 9.17) is 0 Å². The number of hydrogen-bond donors (Lipinski definition) is 1. The number of nitro benzene ring substituents is 1. The van der Waals surface area contributed by atoms with Crippen LogP contribution in [0.15, 0.2) is 18.2 Å². The largest absolute Gasteiger partial charge is 0.480 e. The van der Waals surface area contributed by atoms with Gasteiger partial charge in [0.25, 0.3) is 5.69 Å². The molecule has 116 valence electrons. The van der Waals surface area contributed by atoms with Crippen molar-refractivity contribution in [2.24, 2.45) is 11.8 Å². The number of esters is 1. The molecular formula is C14H14N2O6. The number of carboxylic acid groups (broad SMARTS) is 1. The van der Waals surface area contributed by atoms with Gasteiger partial charge in [0.1, 0.15) is 6.04 Å². The van der Waals surface area contributed by atoms with E-state index in [0.29, 0.717) is 18.2 Å². The number of aliphatic carboxylic acids is 1. The van der Waals surface area contributed by atoms with Gasteiger partial charge in [-0.25, -0.2) is 9.59 Å². The van der Waals surface area contributed by atoms with Crippen molar-refractivity contribution in [1.29, 1.82) is 0 Å². The van der Waals surface area contributed by atoms with Crippen molar-refractivity contribution < 1.29 is 24.4 Å². The summed E-state index contributed by atoms with van der Waals surface area (Å²) in [6.45, 7) is 0.531. The minimum absolute atomic E-state index is 0.0178. The van der Waals surface area contributed by atoms with Gasteiger partial charge in [0, 0.05) is 18.7 Å². The van der Waals surface area contributed by atoms with Gasteiger partial charge in [-0.3, -0.25) is 10.1 Å². The average Bonchev–Trinajstić information content (AvgIpc) is 3.15. The molecule has 3 atom stereocenters. The molecule has 0 spiro atoms. The first-order valence-corrected chi connectivity index (χ1v) is 6.80. The van der Waals surface area contributed by atoms with Gasteiger partial charge in [0.15, 0.2) is 0 Å². The fourth-order valence-corrected chi connectivity index (χ4v) is 3.19. The molecule has 1 aliphatic carbocycles. The predicted octanol–water partition coefficient (Wildman–Crippen LogP) is 1.29. The number of hydrogen-bond acceptors (Lipinski definition) is 6. The molecule has 0 unspecified atom stereocenters. The molecule has 22 heavy (non-hydrogen) atoms. The number of carbonyl (C=O) groups is 2. The summed E-state index contributed by atoms with van der Waals surface area (Å²) in [5.74, 6) is -1.28. The molecule has 1 aliphatic heterocycles. The third kappa shape index (κ3) is 2.16. The Bertz CT molecular complexity index is 673. The second kappa shape index (κ2) is 4.97. The number of non-ortho nitro benzene ring substituents is 1. The summed E-state index contributed by atoms with van der Waals surface area (Å²) >= 11 is 0. The Hall–Kier alpha value is -2.64. The first-order chi connectivity index (χ1) is 10.4. The van der Waals surface area contributed by atoms with Gasteiger partial charge in [-0.2, -0.15) is 0 Å². The number of methoxy groups -OCH3 is 1. The van der Waals surface area contributed by atoms with Crippen molar-refractivity contribution in [2.75, 3.05) is 18.6 Å². The highest BCUT2D eigenvalue weighted by Crippen LogP contribution is 2.51. The SMILES string of the molecule is COC(=O)c1cc([N+](=O)[O-])ccc1N1C[C@@H]2C[C@@H]2[C@H]1C(=O)O. The van der Waals surface area contributed by atoms with E-state index in [2.05, 4.69) is 4.74 Å². The van der Waals surface area contributed by atoms with Gasteiger partial charge in [-0.05, 0) is 24.3 Å². The fourth-order valence-electron chi connectivity index (χ4n) is 3.19. The van der Waals surface area contributed by atoms with Crippen LogP contribution in [0, 0.1) is 22.0 Å². The number of nitro groups is 1. The average molecular weight is 306 g/mol. The van der Waals surface area contributed by atoms with Crippen LogP contribution in [0.2, 0.25) is 0 Å². The van der Waals surface area contributed by atoms with Gasteiger partial charge >= 0.3 is 11.9 Å². The van der Waals surface area contributed by atoms with E-state index in [9.17, 15) is 24.8 Å². The molecule has 0 bridgehead atoms. The van der Waals surface area contributed by atoms with Gasteiger partial charge in [0.2, 0.25) is 0 Å². The van der Waals surface area contributed by atoms with E-state index in [1.165, 1.54) is 19.2 Å². The molecule has 0 amide bonds. The Morgan fingerprint density at radius 1 is 1.45 bits per heavy atom. The van der Waals surface area contributed by atoms with Crippen LogP contribution in [0.5, 0.6) is 0 Å². The second-order valence-corrected chi connectivity index (χ2v) is 5.55. The monoisotopic (exact) mass is 306 g/mol. The quantitative estimate of drug-likeness (QED) is 0.507. The predicted molar refractivity (Wildman–Crippen MR) is 74.8 cm³/mol. The van der Waals surface area contributed by atoms with Gasteiger partial charge in [-0.15, -0.1) is 0 Å². The van der Waals surface area contributed by atoms with Crippen LogP contribution < -0.4 is 4.90 Å². The standard InChI is InChI=1S/C14H14N2O6/c1-22-14(19)10-5-8(16(20)21)2-3-11(10)15-6-7-4-9(7)12(15)13(17)18/h2-3,5,7,9,12H,4,6H2,1H3,(H,17,18)/t7-,9-,12-/m0/s1. The molecule has 1 saturated heterocycles. The minimum Gasteiger partial charge on any atom is -0.480 e. The summed E-state index contributed by atoms with van der Waals surface area (Å²) in [5.41, 5.74) is 0.154. The fraction of sp³-hybridized carbons (Fsp3) is 0.429. The van der Waals surface area contributed by atoms with E-state index in [1.54, 1.807) is 4.90 Å². The smallest absolute Gasteiger partial charge is 0.340 e. The maximum atomic E-state index is 11.9. The zero-order valence-electron chi connectivity index (χ0n) is 11.8. The molecule has 0 aromatic heterocycles. The molecule has 1 aromatic rings. The van der Waals surface area contributed by atoms with Gasteiger partial charge in [0.05, 0.1) is 23.3 Å². The highest BCUT2D eigenvalue weighted by Gasteiger charge is 2.56. The zero-order valence-corrected chi connectivity index (χ0v) is 11.8. The molecule has 1 saturated carbocycles. The molecule has 2 aliphatic rings. The summed E-state index contributed by atoms with van der Waals surface area (Å²) in [7, 11) is 1.18. The van der Waals surface area contributed by atoms with Gasteiger partial charge < -0.3 is 14.7 Å². The van der Waals surface area contributed by atoms with Crippen LogP contribution in [0.3, 0.4) is 0 Å². The van der Waals surface area contributed by atoms with Gasteiger partial charge in [-0.1, -0.05) is 0 Å². The number of piperidine rings is 1. The van der Waals surface area contributed by atoms with Crippen LogP contribution in [0.4, 0.5) is 11.4 Å². The first-order valence-electron chi connectivity index (χ1n) is 6.80. The highest BCUT2D eigenvalue weighted by atomic mass is 16.6. The lowest BCUT2D eigenvalue weighted by atomic mass is 10.1. The molecule has 2 fully saturated rings. The molecule has 3 rings (SSSR count). The van der Waals surface area contributed by atoms with Crippen LogP contribution in [0.25, 0.3) is 0 Å². The van der Waals surface area contributed by atoms with Crippen LogP contribution >= 0.6 is 0 Å². The first kappa shape index (κ1) is 14.3. The number of benzene rings is 1. The van der Waals surface area contributed by atoms with E-state index >= 15 is 0 Å². The number of carbonyl (C=O) groups excluding carboxylic acids is 1. The van der Waals surface area contributed by atoms with E-state index < -0.39 is 22.9 Å². The summed E-state index contributed by atoms with van der Waals surface area (Å²) in [6.07, 6.45) is 0.869. The third-order valence-corrected chi connectivity index (χ3v) is 4.31. The summed E-state index contributed by atoms with van der Waals surface area (Å²) in [6, 6.07) is 3.12. The summed E-state index contributed by atoms with van der Waals surface area (Å²) < 4.78 is 4.67. The van der Waals surface area contributed by atoms with E-state index in [-0.39, 0.29) is 17.2 Å².